The van der Waals surface area contributed by atoms with Gasteiger partial charge in [-0.25, -0.2) is 0 Å². The molecule has 1 aromatic rings. The molecule has 0 saturated carbocycles. The number of nitrogens with two attached hydrogens (primary N) is 1. The van der Waals surface area contributed by atoms with E-state index in [0.717, 1.165) is 0 Å². The fraction of sp³-hybridized carbons (Fsp3) is 0.364. The molecule has 0 radical (unpaired) electrons. The number of hydrogen-bond acceptors (Lipinski definition) is 6. The van der Waals surface area contributed by atoms with Crippen LogP contribution in [-0.4, -0.2) is 31.6 Å². The van der Waals surface area contributed by atoms with Crippen LogP contribution in [0.5, 0.6) is 0 Å². The van der Waals surface area contributed by atoms with Gasteiger partial charge in [-0.15, -0.1) is 0 Å². The zero-order valence-electron chi connectivity index (χ0n) is 10.3. The number of methoxy groups -OCH3 is 1. The quantitative estimate of drug-likeness (QED) is 0.366. The van der Waals surface area contributed by atoms with E-state index in [1.165, 1.54) is 19.2 Å². The molecule has 0 saturated heterocycles. The summed E-state index contributed by atoms with van der Waals surface area (Å²) in [6, 6.07) is 4.44. The second-order valence-electron chi connectivity index (χ2n) is 3.75. The number of carbonyl (C=O) groups is 1. The number of esters is 1. The van der Waals surface area contributed by atoms with Crippen molar-refractivity contribution in [3.05, 3.63) is 28.3 Å². The van der Waals surface area contributed by atoms with Crippen molar-refractivity contribution in [1.82, 2.24) is 0 Å². The fourth-order valence-electron chi connectivity index (χ4n) is 1.44. The molecule has 0 aromatic heterocycles. The summed E-state index contributed by atoms with van der Waals surface area (Å²) in [4.78, 5) is 22.8. The normalized spacial score (nSPS) is 9.89. The Balaban J connectivity index is 2.75. The van der Waals surface area contributed by atoms with Gasteiger partial charge in [0.25, 0.3) is 5.69 Å². The maximum atomic E-state index is 11.0. The van der Waals surface area contributed by atoms with Gasteiger partial charge in [-0.1, -0.05) is 0 Å². The summed E-state index contributed by atoms with van der Waals surface area (Å²) < 4.78 is 4.53. The van der Waals surface area contributed by atoms with Crippen molar-refractivity contribution in [2.45, 2.75) is 6.42 Å². The van der Waals surface area contributed by atoms with Crippen LogP contribution < -0.4 is 10.6 Å². The molecule has 0 bridgehead atoms. The van der Waals surface area contributed by atoms with Crippen molar-refractivity contribution in [2.24, 2.45) is 0 Å². The summed E-state index contributed by atoms with van der Waals surface area (Å²) in [6.45, 7) is 0.448. The van der Waals surface area contributed by atoms with Crippen molar-refractivity contribution in [2.75, 3.05) is 31.3 Å². The van der Waals surface area contributed by atoms with Gasteiger partial charge in [-0.3, -0.25) is 14.9 Å². The number of ether oxygens (including phenoxy) is 1. The zero-order valence-corrected chi connectivity index (χ0v) is 10.3. The number of nitrogens with zero attached hydrogens (tertiary/aromatic N) is 2. The number of benzene rings is 1. The van der Waals surface area contributed by atoms with Crippen LogP contribution in [0.2, 0.25) is 0 Å². The monoisotopic (exact) mass is 253 g/mol. The van der Waals surface area contributed by atoms with Crippen molar-refractivity contribution >= 4 is 23.0 Å². The third-order valence-corrected chi connectivity index (χ3v) is 2.53. The van der Waals surface area contributed by atoms with Crippen molar-refractivity contribution in [1.29, 1.82) is 0 Å². The molecule has 0 unspecified atom stereocenters. The summed E-state index contributed by atoms with van der Waals surface area (Å²) in [5, 5.41) is 10.6. The number of nitro groups is 1. The van der Waals surface area contributed by atoms with E-state index in [2.05, 4.69) is 4.74 Å². The number of carbonyl (C=O) groups excluding carboxylic acids is 1. The molecule has 7 heteroatoms. The summed E-state index contributed by atoms with van der Waals surface area (Å²) in [5.41, 5.74) is 6.27. The Morgan fingerprint density at radius 2 is 2.22 bits per heavy atom. The third kappa shape index (κ3) is 3.34. The molecular formula is C11H15N3O4. The van der Waals surface area contributed by atoms with E-state index in [0.29, 0.717) is 12.2 Å². The highest BCUT2D eigenvalue weighted by Gasteiger charge is 2.13. The van der Waals surface area contributed by atoms with Crippen LogP contribution in [0.15, 0.2) is 18.2 Å². The highest BCUT2D eigenvalue weighted by atomic mass is 16.6. The molecule has 0 aliphatic carbocycles. The van der Waals surface area contributed by atoms with Crippen LogP contribution in [-0.2, 0) is 9.53 Å². The number of nitrogen functional groups attached to an aromatic ring is 1. The van der Waals surface area contributed by atoms with Crippen molar-refractivity contribution in [3.8, 4) is 0 Å². The smallest absolute Gasteiger partial charge is 0.307 e. The van der Waals surface area contributed by atoms with E-state index < -0.39 is 4.92 Å². The second-order valence-corrected chi connectivity index (χ2v) is 3.75. The third-order valence-electron chi connectivity index (χ3n) is 2.53. The van der Waals surface area contributed by atoms with Gasteiger partial charge >= 0.3 is 5.97 Å². The SMILES string of the molecule is COC(=O)CCN(C)c1ccc([N+](=O)[O-])c(N)c1. The molecule has 98 valence electrons. The lowest BCUT2D eigenvalue weighted by molar-refractivity contribution is -0.383. The number of hydrogen-bond donors (Lipinski definition) is 1. The van der Waals surface area contributed by atoms with Gasteiger partial charge in [0, 0.05) is 25.3 Å². The van der Waals surface area contributed by atoms with E-state index in [1.54, 1.807) is 18.0 Å². The maximum Gasteiger partial charge on any atom is 0.307 e. The number of nitro benzene ring substituents is 1. The summed E-state index contributed by atoms with van der Waals surface area (Å²) in [6.07, 6.45) is 0.240. The minimum atomic E-state index is -0.534. The van der Waals surface area contributed by atoms with Crippen LogP contribution in [0, 0.1) is 10.1 Å². The fourth-order valence-corrected chi connectivity index (χ4v) is 1.44. The predicted molar refractivity (Wildman–Crippen MR) is 67.4 cm³/mol. The van der Waals surface area contributed by atoms with Gasteiger partial charge in [-0.05, 0) is 12.1 Å². The first-order valence-corrected chi connectivity index (χ1v) is 5.27. The topological polar surface area (TPSA) is 98.7 Å². The largest absolute Gasteiger partial charge is 0.469 e. The van der Waals surface area contributed by atoms with E-state index >= 15 is 0 Å². The molecule has 1 aromatic carbocycles. The van der Waals surface area contributed by atoms with Gasteiger partial charge in [0.2, 0.25) is 0 Å². The van der Waals surface area contributed by atoms with Crippen LogP contribution >= 0.6 is 0 Å². The average Bonchev–Trinajstić information content (AvgIpc) is 2.34. The average molecular weight is 253 g/mol. The molecule has 0 aliphatic rings. The van der Waals surface area contributed by atoms with Gasteiger partial charge in [0.05, 0.1) is 18.5 Å². The highest BCUT2D eigenvalue weighted by molar-refractivity contribution is 5.71. The summed E-state index contributed by atoms with van der Waals surface area (Å²) in [5.74, 6) is -0.309. The standard InChI is InChI=1S/C11H15N3O4/c1-13(6-5-11(15)18-2)8-3-4-10(14(16)17)9(12)7-8/h3-4,7H,5-6,12H2,1-2H3. The molecule has 0 atom stereocenters. The first kappa shape index (κ1) is 13.8. The van der Waals surface area contributed by atoms with Crippen LogP contribution in [0.25, 0.3) is 0 Å². The molecule has 0 spiro atoms. The lowest BCUT2D eigenvalue weighted by Crippen LogP contribution is -2.21. The number of anilines is 2. The molecule has 0 fully saturated rings. The van der Waals surface area contributed by atoms with E-state index in [-0.39, 0.29) is 23.8 Å². The second kappa shape index (κ2) is 5.85. The lowest BCUT2D eigenvalue weighted by Gasteiger charge is -2.18. The highest BCUT2D eigenvalue weighted by Crippen LogP contribution is 2.26. The Bertz CT molecular complexity index is 462. The molecule has 1 rings (SSSR count). The van der Waals surface area contributed by atoms with Crippen molar-refractivity contribution < 1.29 is 14.5 Å². The van der Waals surface area contributed by atoms with Gasteiger partial charge in [0.1, 0.15) is 5.69 Å². The molecular weight excluding hydrogens is 238 g/mol. The molecule has 7 nitrogen and oxygen atoms in total. The van der Waals surface area contributed by atoms with Gasteiger partial charge in [-0.2, -0.15) is 0 Å². The van der Waals surface area contributed by atoms with E-state index in [1.807, 2.05) is 0 Å². The Hall–Kier alpha value is -2.31. The van der Waals surface area contributed by atoms with Crippen LogP contribution in [0.4, 0.5) is 17.1 Å². The Kier molecular flexibility index (Phi) is 4.47. The molecule has 0 aliphatic heterocycles. The van der Waals surface area contributed by atoms with Gasteiger partial charge < -0.3 is 15.4 Å². The molecule has 18 heavy (non-hydrogen) atoms. The van der Waals surface area contributed by atoms with Crippen LogP contribution in [0.3, 0.4) is 0 Å². The maximum absolute atomic E-state index is 11.0. The molecule has 2 N–H and O–H groups in total. The molecule has 0 amide bonds. The summed E-state index contributed by atoms with van der Waals surface area (Å²) in [7, 11) is 3.09. The first-order valence-electron chi connectivity index (χ1n) is 5.27. The molecule has 0 heterocycles. The minimum Gasteiger partial charge on any atom is -0.469 e. The zero-order chi connectivity index (χ0) is 13.7. The summed E-state index contributed by atoms with van der Waals surface area (Å²) >= 11 is 0. The minimum absolute atomic E-state index is 0.0995. The Morgan fingerprint density at radius 1 is 1.56 bits per heavy atom. The number of rotatable bonds is 5. The Labute approximate surface area is 104 Å². The van der Waals surface area contributed by atoms with Gasteiger partial charge in [0.15, 0.2) is 0 Å². The van der Waals surface area contributed by atoms with E-state index in [4.69, 9.17) is 5.73 Å². The van der Waals surface area contributed by atoms with E-state index in [9.17, 15) is 14.9 Å². The Morgan fingerprint density at radius 3 is 2.72 bits per heavy atom. The lowest BCUT2D eigenvalue weighted by atomic mass is 10.2. The van der Waals surface area contributed by atoms with Crippen molar-refractivity contribution in [3.63, 3.8) is 0 Å². The first-order chi connectivity index (χ1) is 8.45. The predicted octanol–water partition coefficient (Wildman–Crippen LogP) is 1.18. The van der Waals surface area contributed by atoms with Crippen LogP contribution in [0.1, 0.15) is 6.42 Å².